The highest BCUT2D eigenvalue weighted by molar-refractivity contribution is 5.78. The van der Waals surface area contributed by atoms with E-state index in [1.54, 1.807) is 6.92 Å². The van der Waals surface area contributed by atoms with Gasteiger partial charge in [0.25, 0.3) is 0 Å². The van der Waals surface area contributed by atoms with E-state index in [0.717, 1.165) is 26.2 Å². The van der Waals surface area contributed by atoms with Gasteiger partial charge in [0.2, 0.25) is 5.91 Å². The minimum atomic E-state index is -0.398. The number of nitrogens with zero attached hydrogens (tertiary/aromatic N) is 2. The first-order chi connectivity index (χ1) is 7.09. The van der Waals surface area contributed by atoms with Crippen LogP contribution in [0.2, 0.25) is 0 Å². The van der Waals surface area contributed by atoms with Crippen molar-refractivity contribution in [2.24, 2.45) is 0 Å². The van der Waals surface area contributed by atoms with Gasteiger partial charge in [-0.25, -0.2) is 0 Å². The van der Waals surface area contributed by atoms with Crippen LogP contribution in [-0.4, -0.2) is 73.2 Å². The van der Waals surface area contributed by atoms with E-state index in [-0.39, 0.29) is 5.91 Å². The molecule has 1 atom stereocenters. The van der Waals surface area contributed by atoms with Gasteiger partial charge >= 0.3 is 0 Å². The highest BCUT2D eigenvalue weighted by Gasteiger charge is 2.18. The summed E-state index contributed by atoms with van der Waals surface area (Å²) in [5.74, 6) is 0.128. The minimum absolute atomic E-state index is 0.128. The van der Waals surface area contributed by atoms with Gasteiger partial charge in [-0.15, -0.1) is 0 Å². The van der Waals surface area contributed by atoms with Gasteiger partial charge in [-0.3, -0.25) is 4.79 Å². The number of hydrogen-bond acceptors (Lipinski definition) is 4. The molecule has 5 nitrogen and oxygen atoms in total. The number of rotatable bonds is 4. The summed E-state index contributed by atoms with van der Waals surface area (Å²) in [4.78, 5) is 15.7. The van der Waals surface area contributed by atoms with Crippen LogP contribution in [0.4, 0.5) is 0 Å². The number of aliphatic hydroxyl groups excluding tert-OH is 1. The molecule has 0 aromatic heterocycles. The summed E-state index contributed by atoms with van der Waals surface area (Å²) in [6.45, 7) is 6.02. The molecule has 1 rings (SSSR count). The Hall–Kier alpha value is -0.650. The smallest absolute Gasteiger partial charge is 0.236 e. The van der Waals surface area contributed by atoms with Gasteiger partial charge in [-0.05, 0) is 14.0 Å². The molecule has 0 aromatic carbocycles. The number of nitrogens with one attached hydrogen (secondary N) is 1. The quantitative estimate of drug-likeness (QED) is 0.614. The number of piperazine rings is 1. The van der Waals surface area contributed by atoms with Crippen molar-refractivity contribution in [2.45, 2.75) is 13.0 Å². The van der Waals surface area contributed by atoms with E-state index >= 15 is 0 Å². The summed E-state index contributed by atoms with van der Waals surface area (Å²) in [5, 5.41) is 12.0. The van der Waals surface area contributed by atoms with Crippen molar-refractivity contribution in [3.63, 3.8) is 0 Å². The summed E-state index contributed by atoms with van der Waals surface area (Å²) < 4.78 is 0. The van der Waals surface area contributed by atoms with Crippen LogP contribution in [-0.2, 0) is 4.79 Å². The second-order valence-electron chi connectivity index (χ2n) is 4.16. The van der Waals surface area contributed by atoms with E-state index in [1.165, 1.54) is 0 Å². The van der Waals surface area contributed by atoms with Crippen molar-refractivity contribution >= 4 is 5.91 Å². The minimum Gasteiger partial charge on any atom is -0.392 e. The molecule has 0 saturated carbocycles. The lowest BCUT2D eigenvalue weighted by molar-refractivity contribution is -0.131. The average Bonchev–Trinajstić information content (AvgIpc) is 2.18. The maximum atomic E-state index is 11.6. The van der Waals surface area contributed by atoms with Crippen LogP contribution in [0.3, 0.4) is 0 Å². The third kappa shape index (κ3) is 4.59. The molecule has 1 amide bonds. The third-order valence-electron chi connectivity index (χ3n) is 2.57. The lowest BCUT2D eigenvalue weighted by atomic mass is 10.3. The molecular weight excluding hydrogens is 194 g/mol. The number of amides is 1. The Morgan fingerprint density at radius 3 is 2.53 bits per heavy atom. The fraction of sp³-hybridized carbons (Fsp3) is 0.900. The van der Waals surface area contributed by atoms with Crippen LogP contribution < -0.4 is 5.32 Å². The number of likely N-dealkylation sites (N-methyl/N-ethyl adjacent to an activating group) is 1. The molecule has 88 valence electrons. The van der Waals surface area contributed by atoms with Crippen molar-refractivity contribution in [2.75, 3.05) is 46.3 Å². The first-order valence-electron chi connectivity index (χ1n) is 5.44. The second-order valence-corrected chi connectivity index (χ2v) is 4.16. The molecule has 1 heterocycles. The summed E-state index contributed by atoms with van der Waals surface area (Å²) in [5.41, 5.74) is 0. The first kappa shape index (κ1) is 12.4. The molecule has 1 fully saturated rings. The van der Waals surface area contributed by atoms with Gasteiger partial charge in [-0.2, -0.15) is 0 Å². The van der Waals surface area contributed by atoms with Gasteiger partial charge in [-0.1, -0.05) is 0 Å². The van der Waals surface area contributed by atoms with Gasteiger partial charge in [0.15, 0.2) is 0 Å². The van der Waals surface area contributed by atoms with Gasteiger partial charge in [0.05, 0.1) is 12.6 Å². The lowest BCUT2D eigenvalue weighted by Gasteiger charge is -2.32. The fourth-order valence-electron chi connectivity index (χ4n) is 1.56. The number of hydrogen-bond donors (Lipinski definition) is 2. The lowest BCUT2D eigenvalue weighted by Crippen LogP contribution is -2.49. The molecule has 1 aliphatic heterocycles. The first-order valence-corrected chi connectivity index (χ1v) is 5.44. The fourth-order valence-corrected chi connectivity index (χ4v) is 1.56. The van der Waals surface area contributed by atoms with Gasteiger partial charge in [0, 0.05) is 32.7 Å². The van der Waals surface area contributed by atoms with Crippen LogP contribution in [0.5, 0.6) is 0 Å². The Balaban J connectivity index is 2.17. The van der Waals surface area contributed by atoms with Crippen molar-refractivity contribution in [1.29, 1.82) is 0 Å². The van der Waals surface area contributed by atoms with E-state index in [9.17, 15) is 4.79 Å². The normalized spacial score (nSPS) is 20.3. The van der Waals surface area contributed by atoms with E-state index in [4.69, 9.17) is 5.11 Å². The van der Waals surface area contributed by atoms with Crippen molar-refractivity contribution in [3.05, 3.63) is 0 Å². The molecule has 5 heteroatoms. The summed E-state index contributed by atoms with van der Waals surface area (Å²) in [7, 11) is 2.06. The molecule has 1 aliphatic rings. The van der Waals surface area contributed by atoms with Crippen molar-refractivity contribution in [1.82, 2.24) is 15.1 Å². The third-order valence-corrected chi connectivity index (χ3v) is 2.57. The number of aliphatic hydroxyl groups is 1. The van der Waals surface area contributed by atoms with Crippen LogP contribution in [0, 0.1) is 0 Å². The maximum Gasteiger partial charge on any atom is 0.236 e. The Bertz CT molecular complexity index is 201. The van der Waals surface area contributed by atoms with Crippen LogP contribution in [0.25, 0.3) is 0 Å². The Morgan fingerprint density at radius 1 is 1.40 bits per heavy atom. The zero-order valence-corrected chi connectivity index (χ0v) is 9.57. The monoisotopic (exact) mass is 215 g/mol. The largest absolute Gasteiger partial charge is 0.392 e. The van der Waals surface area contributed by atoms with Gasteiger partial charge in [0.1, 0.15) is 0 Å². The topological polar surface area (TPSA) is 55.8 Å². The van der Waals surface area contributed by atoms with Crippen molar-refractivity contribution in [3.8, 4) is 0 Å². The Morgan fingerprint density at radius 2 is 2.00 bits per heavy atom. The summed E-state index contributed by atoms with van der Waals surface area (Å²) in [6, 6.07) is 0. The highest BCUT2D eigenvalue weighted by Crippen LogP contribution is 1.98. The molecule has 1 saturated heterocycles. The molecule has 0 aliphatic carbocycles. The van der Waals surface area contributed by atoms with E-state index in [1.807, 2.05) is 4.90 Å². The Labute approximate surface area is 91.0 Å². The zero-order valence-electron chi connectivity index (χ0n) is 9.57. The SMILES string of the molecule is CC(O)CNCC(=O)N1CCN(C)CC1. The van der Waals surface area contributed by atoms with E-state index in [2.05, 4.69) is 17.3 Å². The summed E-state index contributed by atoms with van der Waals surface area (Å²) >= 11 is 0. The van der Waals surface area contributed by atoms with Gasteiger partial charge < -0.3 is 20.2 Å². The average molecular weight is 215 g/mol. The molecular formula is C10H21N3O2. The molecule has 0 spiro atoms. The Kier molecular flexibility index (Phi) is 5.01. The highest BCUT2D eigenvalue weighted by atomic mass is 16.3. The standard InChI is InChI=1S/C10H21N3O2/c1-9(14)7-11-8-10(15)13-5-3-12(2)4-6-13/h9,11,14H,3-8H2,1-2H3. The van der Waals surface area contributed by atoms with Crippen LogP contribution in [0.15, 0.2) is 0 Å². The second kappa shape index (κ2) is 6.05. The van der Waals surface area contributed by atoms with Crippen molar-refractivity contribution < 1.29 is 9.90 Å². The molecule has 0 bridgehead atoms. The van der Waals surface area contributed by atoms with E-state index < -0.39 is 6.10 Å². The molecule has 0 aromatic rings. The molecule has 1 unspecified atom stereocenters. The predicted octanol–water partition coefficient (Wildman–Crippen LogP) is -1.27. The maximum absolute atomic E-state index is 11.6. The summed E-state index contributed by atoms with van der Waals surface area (Å²) in [6.07, 6.45) is -0.398. The zero-order chi connectivity index (χ0) is 11.3. The number of carbonyl (C=O) groups is 1. The molecule has 2 N–H and O–H groups in total. The number of carbonyl (C=O) groups excluding carboxylic acids is 1. The van der Waals surface area contributed by atoms with E-state index in [0.29, 0.717) is 13.1 Å². The predicted molar refractivity (Wildman–Crippen MR) is 58.6 cm³/mol. The molecule has 0 radical (unpaired) electrons. The van der Waals surface area contributed by atoms with Crippen LogP contribution >= 0.6 is 0 Å². The molecule has 15 heavy (non-hydrogen) atoms. The van der Waals surface area contributed by atoms with Crippen LogP contribution in [0.1, 0.15) is 6.92 Å².